The summed E-state index contributed by atoms with van der Waals surface area (Å²) < 4.78 is 18.6. The van der Waals surface area contributed by atoms with Crippen LogP contribution in [-0.4, -0.2) is 37.6 Å². The van der Waals surface area contributed by atoms with Crippen molar-refractivity contribution in [3.05, 3.63) is 35.1 Å². The standard InChI is InChI=1S/C18H29FN4O2.HI/c1-6-20-17(22-11-16(24)23-18(2,3)4)21-10-13-7-8-15(19)14(9-13)12-25-5;/h7-9H,6,10-12H2,1-5H3,(H,23,24)(H2,20,21,22);1H. The molecule has 0 saturated carbocycles. The van der Waals surface area contributed by atoms with Gasteiger partial charge in [0, 0.05) is 24.8 Å². The Morgan fingerprint density at radius 3 is 2.54 bits per heavy atom. The second-order valence-electron chi connectivity index (χ2n) is 6.71. The lowest BCUT2D eigenvalue weighted by Crippen LogP contribution is -2.48. The summed E-state index contributed by atoms with van der Waals surface area (Å²) >= 11 is 0. The van der Waals surface area contributed by atoms with Gasteiger partial charge < -0.3 is 20.7 Å². The molecule has 0 aromatic heterocycles. The number of rotatable bonds is 7. The molecular weight excluding hydrogens is 450 g/mol. The Kier molecular flexibility index (Phi) is 11.4. The van der Waals surface area contributed by atoms with Crippen LogP contribution in [0.3, 0.4) is 0 Å². The highest BCUT2D eigenvalue weighted by Crippen LogP contribution is 2.12. The van der Waals surface area contributed by atoms with Crippen LogP contribution in [0.5, 0.6) is 0 Å². The van der Waals surface area contributed by atoms with Gasteiger partial charge in [0.05, 0.1) is 19.7 Å². The molecule has 148 valence electrons. The number of ether oxygens (including phenoxy) is 1. The number of hydrogen-bond donors (Lipinski definition) is 3. The van der Waals surface area contributed by atoms with E-state index in [4.69, 9.17) is 4.74 Å². The third-order valence-electron chi connectivity index (χ3n) is 3.10. The molecule has 1 aromatic carbocycles. The monoisotopic (exact) mass is 480 g/mol. The fourth-order valence-corrected chi connectivity index (χ4v) is 2.13. The van der Waals surface area contributed by atoms with Crippen molar-refractivity contribution in [2.24, 2.45) is 4.99 Å². The number of benzene rings is 1. The van der Waals surface area contributed by atoms with E-state index in [0.717, 1.165) is 5.56 Å². The first kappa shape index (κ1) is 24.6. The van der Waals surface area contributed by atoms with Crippen LogP contribution in [0, 0.1) is 5.82 Å². The fourth-order valence-electron chi connectivity index (χ4n) is 2.13. The molecule has 0 saturated heterocycles. The van der Waals surface area contributed by atoms with Crippen molar-refractivity contribution in [1.82, 2.24) is 16.0 Å². The fraction of sp³-hybridized carbons (Fsp3) is 0.556. The number of nitrogens with zero attached hydrogens (tertiary/aromatic N) is 1. The zero-order chi connectivity index (χ0) is 18.9. The summed E-state index contributed by atoms with van der Waals surface area (Å²) in [5.41, 5.74) is 1.09. The average molecular weight is 480 g/mol. The number of halogens is 2. The number of methoxy groups -OCH3 is 1. The van der Waals surface area contributed by atoms with E-state index < -0.39 is 0 Å². The summed E-state index contributed by atoms with van der Waals surface area (Å²) in [6.07, 6.45) is 0. The predicted octanol–water partition coefficient (Wildman–Crippen LogP) is 2.56. The second kappa shape index (κ2) is 12.1. The highest BCUT2D eigenvalue weighted by molar-refractivity contribution is 14.0. The van der Waals surface area contributed by atoms with Crippen LogP contribution in [0.2, 0.25) is 0 Å². The molecule has 0 unspecified atom stereocenters. The molecule has 1 amide bonds. The average Bonchev–Trinajstić information content (AvgIpc) is 2.51. The summed E-state index contributed by atoms with van der Waals surface area (Å²) in [5, 5.41) is 8.95. The van der Waals surface area contributed by atoms with Gasteiger partial charge in [0.15, 0.2) is 5.96 Å². The first-order valence-electron chi connectivity index (χ1n) is 8.34. The molecule has 0 aliphatic rings. The van der Waals surface area contributed by atoms with E-state index in [9.17, 15) is 9.18 Å². The molecule has 6 nitrogen and oxygen atoms in total. The number of carbonyl (C=O) groups is 1. The first-order valence-corrected chi connectivity index (χ1v) is 8.34. The molecule has 0 aliphatic carbocycles. The maximum Gasteiger partial charge on any atom is 0.239 e. The topological polar surface area (TPSA) is 74.8 Å². The highest BCUT2D eigenvalue weighted by atomic mass is 127. The van der Waals surface area contributed by atoms with Gasteiger partial charge in [-0.25, -0.2) is 9.38 Å². The maximum atomic E-state index is 13.6. The smallest absolute Gasteiger partial charge is 0.239 e. The normalized spacial score (nSPS) is 11.5. The molecule has 8 heteroatoms. The molecule has 0 heterocycles. The van der Waals surface area contributed by atoms with Crippen molar-refractivity contribution < 1.29 is 13.9 Å². The van der Waals surface area contributed by atoms with Crippen LogP contribution < -0.4 is 16.0 Å². The Morgan fingerprint density at radius 2 is 1.96 bits per heavy atom. The second-order valence-corrected chi connectivity index (χ2v) is 6.71. The Bertz CT molecular complexity index is 603. The van der Waals surface area contributed by atoms with Crippen LogP contribution >= 0.6 is 24.0 Å². The predicted molar refractivity (Wildman–Crippen MR) is 113 cm³/mol. The third-order valence-corrected chi connectivity index (χ3v) is 3.10. The lowest BCUT2D eigenvalue weighted by atomic mass is 10.1. The van der Waals surface area contributed by atoms with Gasteiger partial charge in [-0.2, -0.15) is 0 Å². The minimum absolute atomic E-state index is 0. The lowest BCUT2D eigenvalue weighted by Gasteiger charge is -2.21. The van der Waals surface area contributed by atoms with E-state index in [1.807, 2.05) is 27.7 Å². The van der Waals surface area contributed by atoms with Gasteiger partial charge in [0.2, 0.25) is 5.91 Å². The molecule has 3 N–H and O–H groups in total. The van der Waals surface area contributed by atoms with E-state index in [-0.39, 0.29) is 54.4 Å². The minimum atomic E-state index is -0.293. The number of amides is 1. The Morgan fingerprint density at radius 1 is 1.27 bits per heavy atom. The van der Waals surface area contributed by atoms with Crippen LogP contribution in [-0.2, 0) is 22.7 Å². The molecule has 26 heavy (non-hydrogen) atoms. The Balaban J connectivity index is 0.00000625. The van der Waals surface area contributed by atoms with E-state index in [1.165, 1.54) is 13.2 Å². The summed E-state index contributed by atoms with van der Waals surface area (Å²) in [4.78, 5) is 16.3. The van der Waals surface area contributed by atoms with Crippen LogP contribution in [0.1, 0.15) is 38.8 Å². The molecular formula is C18H30FIN4O2. The van der Waals surface area contributed by atoms with Gasteiger partial charge in [-0.15, -0.1) is 24.0 Å². The summed E-state index contributed by atoms with van der Waals surface area (Å²) in [6, 6.07) is 4.84. The Labute approximate surface area is 172 Å². The van der Waals surface area contributed by atoms with Gasteiger partial charge in [-0.1, -0.05) is 6.07 Å². The Hall–Kier alpha value is -1.42. The van der Waals surface area contributed by atoms with Gasteiger partial charge in [0.1, 0.15) is 5.82 Å². The largest absolute Gasteiger partial charge is 0.380 e. The third kappa shape index (κ3) is 9.91. The van der Waals surface area contributed by atoms with Gasteiger partial charge in [-0.3, -0.25) is 4.79 Å². The molecule has 0 aliphatic heterocycles. The highest BCUT2D eigenvalue weighted by Gasteiger charge is 2.13. The van der Waals surface area contributed by atoms with E-state index in [2.05, 4.69) is 20.9 Å². The number of guanidine groups is 1. The molecule has 0 radical (unpaired) electrons. The number of hydrogen-bond acceptors (Lipinski definition) is 3. The van der Waals surface area contributed by atoms with Crippen molar-refractivity contribution in [1.29, 1.82) is 0 Å². The molecule has 0 atom stereocenters. The van der Waals surface area contributed by atoms with Crippen molar-refractivity contribution >= 4 is 35.8 Å². The molecule has 0 fully saturated rings. The zero-order valence-electron chi connectivity index (χ0n) is 16.1. The SMILES string of the molecule is CCNC(=NCc1ccc(F)c(COC)c1)NCC(=O)NC(C)(C)C.I. The van der Waals surface area contributed by atoms with E-state index >= 15 is 0 Å². The minimum Gasteiger partial charge on any atom is -0.380 e. The molecule has 0 spiro atoms. The van der Waals surface area contributed by atoms with Crippen molar-refractivity contribution in [3.63, 3.8) is 0 Å². The van der Waals surface area contributed by atoms with E-state index in [1.54, 1.807) is 12.1 Å². The molecule has 0 bridgehead atoms. The van der Waals surface area contributed by atoms with Crippen molar-refractivity contribution in [2.75, 3.05) is 20.2 Å². The van der Waals surface area contributed by atoms with Crippen LogP contribution in [0.25, 0.3) is 0 Å². The number of nitrogens with one attached hydrogen (secondary N) is 3. The summed E-state index contributed by atoms with van der Waals surface area (Å²) in [6.45, 7) is 9.11. The van der Waals surface area contributed by atoms with Crippen LogP contribution in [0.4, 0.5) is 4.39 Å². The number of carbonyl (C=O) groups excluding carboxylic acids is 1. The zero-order valence-corrected chi connectivity index (χ0v) is 18.4. The van der Waals surface area contributed by atoms with Gasteiger partial charge in [0.25, 0.3) is 0 Å². The molecule has 1 aromatic rings. The van der Waals surface area contributed by atoms with Crippen molar-refractivity contribution in [2.45, 2.75) is 46.4 Å². The molecule has 1 rings (SSSR count). The van der Waals surface area contributed by atoms with E-state index in [0.29, 0.717) is 24.6 Å². The summed E-state index contributed by atoms with van der Waals surface area (Å²) in [7, 11) is 1.53. The first-order chi connectivity index (χ1) is 11.7. The quantitative estimate of drug-likeness (QED) is 0.319. The maximum absolute atomic E-state index is 13.6. The number of aliphatic imine (C=N–C) groups is 1. The van der Waals surface area contributed by atoms with Crippen LogP contribution in [0.15, 0.2) is 23.2 Å². The lowest BCUT2D eigenvalue weighted by molar-refractivity contribution is -0.121. The van der Waals surface area contributed by atoms with Crippen molar-refractivity contribution in [3.8, 4) is 0 Å². The summed E-state index contributed by atoms with van der Waals surface area (Å²) in [5.74, 6) is 0.130. The van der Waals surface area contributed by atoms with Gasteiger partial charge >= 0.3 is 0 Å². The van der Waals surface area contributed by atoms with Gasteiger partial charge in [-0.05, 0) is 45.4 Å².